The molecule has 1 heterocycles. The summed E-state index contributed by atoms with van der Waals surface area (Å²) in [5.74, 6) is -0.626. The minimum absolute atomic E-state index is 0.205. The number of hydrogen-bond donors (Lipinski definition) is 1. The molecule has 0 aromatic carbocycles. The SMILES string of the molecule is C=CC(=O)N1CCCCC1C(N)=O. The van der Waals surface area contributed by atoms with Crippen molar-refractivity contribution >= 4 is 11.8 Å². The van der Waals surface area contributed by atoms with E-state index >= 15 is 0 Å². The predicted octanol–water partition coefficient (Wildman–Crippen LogP) is 0.0388. The third kappa shape index (κ3) is 2.08. The zero-order chi connectivity index (χ0) is 9.84. The molecule has 2 amide bonds. The molecular weight excluding hydrogens is 168 g/mol. The van der Waals surface area contributed by atoms with Gasteiger partial charge >= 0.3 is 0 Å². The molecule has 0 bridgehead atoms. The molecule has 0 aromatic heterocycles. The largest absolute Gasteiger partial charge is 0.368 e. The van der Waals surface area contributed by atoms with E-state index in [0.717, 1.165) is 12.8 Å². The zero-order valence-electron chi connectivity index (χ0n) is 7.53. The highest BCUT2D eigenvalue weighted by atomic mass is 16.2. The summed E-state index contributed by atoms with van der Waals surface area (Å²) < 4.78 is 0. The van der Waals surface area contributed by atoms with Gasteiger partial charge in [-0.2, -0.15) is 0 Å². The van der Waals surface area contributed by atoms with E-state index in [4.69, 9.17) is 5.73 Å². The summed E-state index contributed by atoms with van der Waals surface area (Å²) >= 11 is 0. The van der Waals surface area contributed by atoms with E-state index in [-0.39, 0.29) is 5.91 Å². The number of nitrogens with zero attached hydrogens (tertiary/aromatic N) is 1. The molecule has 1 atom stereocenters. The van der Waals surface area contributed by atoms with Gasteiger partial charge < -0.3 is 10.6 Å². The second kappa shape index (κ2) is 4.07. The maximum absolute atomic E-state index is 11.3. The molecule has 2 N–H and O–H groups in total. The number of carbonyl (C=O) groups excluding carboxylic acids is 2. The number of nitrogens with two attached hydrogens (primary N) is 1. The van der Waals surface area contributed by atoms with Gasteiger partial charge in [-0.25, -0.2) is 0 Å². The van der Waals surface area contributed by atoms with Crippen molar-refractivity contribution in [1.82, 2.24) is 4.90 Å². The lowest BCUT2D eigenvalue weighted by Gasteiger charge is -2.32. The van der Waals surface area contributed by atoms with Crippen LogP contribution in [-0.4, -0.2) is 29.3 Å². The van der Waals surface area contributed by atoms with Crippen LogP contribution < -0.4 is 5.73 Å². The van der Waals surface area contributed by atoms with Crippen molar-refractivity contribution in [1.29, 1.82) is 0 Å². The maximum Gasteiger partial charge on any atom is 0.246 e. The Balaban J connectivity index is 2.72. The summed E-state index contributed by atoms with van der Waals surface area (Å²) in [7, 11) is 0. The summed E-state index contributed by atoms with van der Waals surface area (Å²) in [5.41, 5.74) is 5.18. The molecular formula is C9H14N2O2. The first-order valence-electron chi connectivity index (χ1n) is 4.39. The zero-order valence-corrected chi connectivity index (χ0v) is 7.53. The van der Waals surface area contributed by atoms with Crippen LogP contribution >= 0.6 is 0 Å². The minimum atomic E-state index is -0.431. The van der Waals surface area contributed by atoms with Gasteiger partial charge in [0.05, 0.1) is 0 Å². The molecule has 1 unspecified atom stereocenters. The van der Waals surface area contributed by atoms with Crippen LogP contribution in [-0.2, 0) is 9.59 Å². The number of primary amides is 1. The van der Waals surface area contributed by atoms with E-state index in [2.05, 4.69) is 6.58 Å². The number of carbonyl (C=O) groups is 2. The van der Waals surface area contributed by atoms with Gasteiger partial charge in [0.1, 0.15) is 6.04 Å². The van der Waals surface area contributed by atoms with E-state index in [1.54, 1.807) is 0 Å². The van der Waals surface area contributed by atoms with Crippen LogP contribution in [0.25, 0.3) is 0 Å². The third-order valence-corrected chi connectivity index (χ3v) is 2.29. The first-order valence-corrected chi connectivity index (χ1v) is 4.39. The lowest BCUT2D eigenvalue weighted by atomic mass is 10.0. The molecule has 1 rings (SSSR count). The predicted molar refractivity (Wildman–Crippen MR) is 48.7 cm³/mol. The van der Waals surface area contributed by atoms with Crippen LogP contribution in [0, 0.1) is 0 Å². The molecule has 0 aliphatic carbocycles. The normalized spacial score (nSPS) is 22.5. The quantitative estimate of drug-likeness (QED) is 0.613. The molecule has 1 saturated heterocycles. The van der Waals surface area contributed by atoms with E-state index in [0.29, 0.717) is 13.0 Å². The summed E-state index contributed by atoms with van der Waals surface area (Å²) in [6.45, 7) is 4.00. The second-order valence-corrected chi connectivity index (χ2v) is 3.15. The molecule has 72 valence electrons. The topological polar surface area (TPSA) is 63.4 Å². The number of amides is 2. The highest BCUT2D eigenvalue weighted by Gasteiger charge is 2.28. The lowest BCUT2D eigenvalue weighted by Crippen LogP contribution is -2.49. The molecule has 13 heavy (non-hydrogen) atoms. The van der Waals surface area contributed by atoms with Crippen LogP contribution in [0.15, 0.2) is 12.7 Å². The molecule has 4 heteroatoms. The van der Waals surface area contributed by atoms with Crippen LogP contribution in [0.3, 0.4) is 0 Å². The number of hydrogen-bond acceptors (Lipinski definition) is 2. The fourth-order valence-corrected chi connectivity index (χ4v) is 1.61. The van der Waals surface area contributed by atoms with Gasteiger partial charge in [-0.05, 0) is 25.3 Å². The van der Waals surface area contributed by atoms with Gasteiger partial charge in [0.25, 0.3) is 0 Å². The van der Waals surface area contributed by atoms with Crippen LogP contribution in [0.4, 0.5) is 0 Å². The number of rotatable bonds is 2. The molecule has 0 saturated carbocycles. The van der Waals surface area contributed by atoms with Crippen LogP contribution in [0.2, 0.25) is 0 Å². The van der Waals surface area contributed by atoms with E-state index in [1.165, 1.54) is 11.0 Å². The average Bonchev–Trinajstić information content (AvgIpc) is 2.16. The first-order chi connectivity index (χ1) is 6.16. The van der Waals surface area contributed by atoms with Crippen molar-refractivity contribution in [2.24, 2.45) is 5.73 Å². The van der Waals surface area contributed by atoms with Gasteiger partial charge in [-0.1, -0.05) is 6.58 Å². The smallest absolute Gasteiger partial charge is 0.246 e. The van der Waals surface area contributed by atoms with E-state index in [1.807, 2.05) is 0 Å². The van der Waals surface area contributed by atoms with Gasteiger partial charge in [0.15, 0.2) is 0 Å². The monoisotopic (exact) mass is 182 g/mol. The van der Waals surface area contributed by atoms with Crippen LogP contribution in [0.5, 0.6) is 0 Å². The molecule has 1 aliphatic rings. The molecule has 1 fully saturated rings. The minimum Gasteiger partial charge on any atom is -0.368 e. The van der Waals surface area contributed by atoms with Gasteiger partial charge in [0.2, 0.25) is 11.8 Å². The molecule has 4 nitrogen and oxygen atoms in total. The summed E-state index contributed by atoms with van der Waals surface area (Å²) in [6.07, 6.45) is 3.79. The summed E-state index contributed by atoms with van der Waals surface area (Å²) in [5, 5.41) is 0. The van der Waals surface area contributed by atoms with Gasteiger partial charge in [-0.3, -0.25) is 9.59 Å². The second-order valence-electron chi connectivity index (χ2n) is 3.15. The Kier molecular flexibility index (Phi) is 3.06. The fourth-order valence-electron chi connectivity index (χ4n) is 1.61. The van der Waals surface area contributed by atoms with Crippen molar-refractivity contribution in [2.45, 2.75) is 25.3 Å². The highest BCUT2D eigenvalue weighted by molar-refractivity contribution is 5.92. The van der Waals surface area contributed by atoms with E-state index in [9.17, 15) is 9.59 Å². The average molecular weight is 182 g/mol. The highest BCUT2D eigenvalue weighted by Crippen LogP contribution is 2.16. The Morgan fingerprint density at radius 3 is 2.69 bits per heavy atom. The number of likely N-dealkylation sites (tertiary alicyclic amines) is 1. The molecule has 0 aromatic rings. The summed E-state index contributed by atoms with van der Waals surface area (Å²) in [6, 6.07) is -0.431. The Hall–Kier alpha value is -1.32. The standard InChI is InChI=1S/C9H14N2O2/c1-2-8(12)11-6-4-3-5-7(11)9(10)13/h2,7H,1,3-6H2,(H2,10,13). The van der Waals surface area contributed by atoms with Gasteiger partial charge in [-0.15, -0.1) is 0 Å². The number of piperidine rings is 1. The van der Waals surface area contributed by atoms with Crippen molar-refractivity contribution in [3.63, 3.8) is 0 Å². The van der Waals surface area contributed by atoms with Crippen LogP contribution in [0.1, 0.15) is 19.3 Å². The summed E-state index contributed by atoms with van der Waals surface area (Å²) in [4.78, 5) is 23.8. The van der Waals surface area contributed by atoms with Crippen molar-refractivity contribution in [3.8, 4) is 0 Å². The van der Waals surface area contributed by atoms with E-state index < -0.39 is 11.9 Å². The Morgan fingerprint density at radius 2 is 2.15 bits per heavy atom. The van der Waals surface area contributed by atoms with Crippen molar-refractivity contribution in [2.75, 3.05) is 6.54 Å². The van der Waals surface area contributed by atoms with Gasteiger partial charge in [0, 0.05) is 6.54 Å². The Morgan fingerprint density at radius 1 is 1.46 bits per heavy atom. The van der Waals surface area contributed by atoms with Crippen molar-refractivity contribution in [3.05, 3.63) is 12.7 Å². The molecule has 0 radical (unpaired) electrons. The lowest BCUT2D eigenvalue weighted by molar-refractivity contribution is -0.137. The Labute approximate surface area is 77.4 Å². The molecule has 0 spiro atoms. The fraction of sp³-hybridized carbons (Fsp3) is 0.556. The third-order valence-electron chi connectivity index (χ3n) is 2.29. The Bertz CT molecular complexity index is 238. The molecule has 1 aliphatic heterocycles. The first kappa shape index (κ1) is 9.77. The maximum atomic E-state index is 11.3. The van der Waals surface area contributed by atoms with Crippen molar-refractivity contribution < 1.29 is 9.59 Å².